The number of rotatable bonds is 3. The van der Waals surface area contributed by atoms with Gasteiger partial charge in [0.2, 0.25) is 5.95 Å². The van der Waals surface area contributed by atoms with Gasteiger partial charge in [0, 0.05) is 31.4 Å². The number of fused-ring (bicyclic) bond motifs is 1. The lowest BCUT2D eigenvalue weighted by molar-refractivity contribution is 0.243. The van der Waals surface area contributed by atoms with E-state index in [1.807, 2.05) is 11.8 Å². The van der Waals surface area contributed by atoms with Crippen LogP contribution in [0.1, 0.15) is 25.1 Å². The van der Waals surface area contributed by atoms with Crippen molar-refractivity contribution in [1.29, 1.82) is 0 Å². The van der Waals surface area contributed by atoms with Crippen molar-refractivity contribution in [2.45, 2.75) is 31.6 Å². The molecule has 1 aliphatic rings. The first-order valence-corrected chi connectivity index (χ1v) is 9.36. The molecule has 0 bridgehead atoms. The second-order valence-corrected chi connectivity index (χ2v) is 7.47. The quantitative estimate of drug-likeness (QED) is 0.713. The first-order valence-electron chi connectivity index (χ1n) is 8.98. The van der Waals surface area contributed by atoms with Gasteiger partial charge in [-0.25, -0.2) is 18.2 Å². The van der Waals surface area contributed by atoms with Gasteiger partial charge < -0.3 is 15.2 Å². The number of halogens is 4. The lowest BCUT2D eigenvalue weighted by Crippen LogP contribution is -2.50. The summed E-state index contributed by atoms with van der Waals surface area (Å²) >= 11 is 5.93. The second-order valence-electron chi connectivity index (χ2n) is 7.03. The average Bonchev–Trinajstić information content (AvgIpc) is 3.02. The predicted molar refractivity (Wildman–Crippen MR) is 102 cm³/mol. The van der Waals surface area contributed by atoms with Gasteiger partial charge in [-0.05, 0) is 25.5 Å². The van der Waals surface area contributed by atoms with Crippen molar-refractivity contribution >= 4 is 28.6 Å². The van der Waals surface area contributed by atoms with Crippen molar-refractivity contribution in [3.63, 3.8) is 0 Å². The maximum absolute atomic E-state index is 14.0. The van der Waals surface area contributed by atoms with Crippen LogP contribution in [-0.2, 0) is 0 Å². The van der Waals surface area contributed by atoms with Crippen LogP contribution >= 0.6 is 11.6 Å². The molecule has 1 saturated heterocycles. The molecular weight excluding hydrogens is 391 g/mol. The van der Waals surface area contributed by atoms with E-state index in [0.717, 1.165) is 12.1 Å². The lowest BCUT2D eigenvalue weighted by Gasteiger charge is -2.34. The third-order valence-electron chi connectivity index (χ3n) is 5.13. The molecule has 1 aliphatic heterocycles. The number of hydrogen-bond donors (Lipinski definition) is 1. The van der Waals surface area contributed by atoms with Crippen molar-refractivity contribution in [3.05, 3.63) is 52.8 Å². The van der Waals surface area contributed by atoms with E-state index in [0.29, 0.717) is 34.2 Å². The summed E-state index contributed by atoms with van der Waals surface area (Å²) in [7, 11) is 0. The molecule has 1 fully saturated rings. The van der Waals surface area contributed by atoms with Crippen LogP contribution in [-0.4, -0.2) is 39.8 Å². The topological polar surface area (TPSA) is 60.0 Å². The van der Waals surface area contributed by atoms with Crippen LogP contribution in [0.2, 0.25) is 5.02 Å². The molecule has 0 aliphatic carbocycles. The molecule has 148 valence electrons. The summed E-state index contributed by atoms with van der Waals surface area (Å²) in [6.07, 6.45) is 0.705. The van der Waals surface area contributed by atoms with Crippen LogP contribution in [0.4, 0.5) is 19.1 Å². The van der Waals surface area contributed by atoms with Crippen LogP contribution in [0, 0.1) is 11.6 Å². The van der Waals surface area contributed by atoms with Gasteiger partial charge >= 0.3 is 0 Å². The van der Waals surface area contributed by atoms with Gasteiger partial charge in [-0.1, -0.05) is 11.6 Å². The van der Waals surface area contributed by atoms with Crippen molar-refractivity contribution < 1.29 is 13.2 Å². The fourth-order valence-electron chi connectivity index (χ4n) is 3.58. The van der Waals surface area contributed by atoms with E-state index in [2.05, 4.69) is 9.97 Å². The average molecular weight is 410 g/mol. The maximum Gasteiger partial charge on any atom is 0.207 e. The Balaban J connectivity index is 1.86. The third-order valence-corrected chi connectivity index (χ3v) is 5.36. The van der Waals surface area contributed by atoms with Crippen LogP contribution in [0.3, 0.4) is 0 Å². The van der Waals surface area contributed by atoms with E-state index in [1.54, 1.807) is 16.7 Å². The van der Waals surface area contributed by atoms with E-state index in [-0.39, 0.29) is 19.0 Å². The van der Waals surface area contributed by atoms with Gasteiger partial charge in [0.05, 0.1) is 33.8 Å². The normalized spacial score (nSPS) is 21.3. The molecule has 5 nitrogen and oxygen atoms in total. The minimum Gasteiger partial charge on any atom is -0.340 e. The SMILES string of the molecule is C[C@H](c1ccc(Cl)cn1)n1c(N2CC[C@@H](F)[C@H](N)C2)nc2cc(F)c(F)cc21. The molecule has 0 amide bonds. The molecule has 2 aromatic heterocycles. The highest BCUT2D eigenvalue weighted by atomic mass is 35.5. The lowest BCUT2D eigenvalue weighted by atomic mass is 10.1. The molecule has 3 heterocycles. The van der Waals surface area contributed by atoms with E-state index in [1.165, 1.54) is 6.20 Å². The van der Waals surface area contributed by atoms with Crippen LogP contribution < -0.4 is 10.6 Å². The molecular formula is C19H19ClF3N5. The van der Waals surface area contributed by atoms with E-state index < -0.39 is 23.8 Å². The Labute approximate surface area is 164 Å². The number of pyridine rings is 1. The molecule has 0 unspecified atom stereocenters. The molecule has 3 aromatic rings. The first kappa shape index (κ1) is 19.0. The molecule has 3 atom stereocenters. The molecule has 0 spiro atoms. The molecule has 28 heavy (non-hydrogen) atoms. The number of imidazole rings is 1. The van der Waals surface area contributed by atoms with Crippen molar-refractivity contribution in [2.75, 3.05) is 18.0 Å². The van der Waals surface area contributed by atoms with Gasteiger partial charge in [0.1, 0.15) is 6.17 Å². The van der Waals surface area contributed by atoms with Gasteiger partial charge in [-0.15, -0.1) is 0 Å². The number of nitrogens with zero attached hydrogens (tertiary/aromatic N) is 4. The van der Waals surface area contributed by atoms with E-state index in [9.17, 15) is 13.2 Å². The Hall–Kier alpha value is -2.32. The molecule has 1 aromatic carbocycles. The fraction of sp³-hybridized carbons (Fsp3) is 0.368. The standard InChI is InChI=1S/C19H19ClF3N5/c1-10(16-3-2-11(20)8-25-16)28-18-7-14(23)13(22)6-17(18)26-19(28)27-5-4-12(21)15(24)9-27/h2-3,6-8,10,12,15H,4-5,9,24H2,1H3/t10-,12-,15-/m1/s1. The van der Waals surface area contributed by atoms with E-state index in [4.69, 9.17) is 17.3 Å². The Morgan fingerprint density at radius 1 is 1.25 bits per heavy atom. The minimum atomic E-state index is -1.08. The number of benzene rings is 1. The minimum absolute atomic E-state index is 0.260. The number of aromatic nitrogens is 3. The second kappa shape index (κ2) is 7.25. The Morgan fingerprint density at radius 2 is 2.00 bits per heavy atom. The molecule has 4 rings (SSSR count). The summed E-state index contributed by atoms with van der Waals surface area (Å²) in [5.41, 5.74) is 7.32. The summed E-state index contributed by atoms with van der Waals surface area (Å²) < 4.78 is 43.4. The number of hydrogen-bond acceptors (Lipinski definition) is 4. The molecule has 0 radical (unpaired) electrons. The highest BCUT2D eigenvalue weighted by Gasteiger charge is 2.31. The summed E-state index contributed by atoms with van der Waals surface area (Å²) in [4.78, 5) is 10.7. The molecule has 9 heteroatoms. The zero-order chi connectivity index (χ0) is 20.0. The van der Waals surface area contributed by atoms with Crippen LogP contribution in [0.25, 0.3) is 11.0 Å². The fourth-order valence-corrected chi connectivity index (χ4v) is 3.70. The number of anilines is 1. The zero-order valence-corrected chi connectivity index (χ0v) is 15.9. The largest absolute Gasteiger partial charge is 0.340 e. The van der Waals surface area contributed by atoms with Crippen molar-refractivity contribution in [1.82, 2.24) is 14.5 Å². The van der Waals surface area contributed by atoms with Gasteiger partial charge in [-0.2, -0.15) is 0 Å². The predicted octanol–water partition coefficient (Wildman–Crippen LogP) is 3.85. The number of nitrogens with two attached hydrogens (primary N) is 1. The highest BCUT2D eigenvalue weighted by molar-refractivity contribution is 6.30. The van der Waals surface area contributed by atoms with Crippen LogP contribution in [0.15, 0.2) is 30.5 Å². The van der Waals surface area contributed by atoms with Crippen LogP contribution in [0.5, 0.6) is 0 Å². The summed E-state index contributed by atoms with van der Waals surface area (Å²) in [6.45, 7) is 2.55. The smallest absolute Gasteiger partial charge is 0.207 e. The molecule has 2 N–H and O–H groups in total. The molecule has 0 saturated carbocycles. The van der Waals surface area contributed by atoms with Crippen molar-refractivity contribution in [2.24, 2.45) is 5.73 Å². The Kier molecular flexibility index (Phi) is 4.93. The number of alkyl halides is 1. The Morgan fingerprint density at radius 3 is 2.68 bits per heavy atom. The summed E-state index contributed by atoms with van der Waals surface area (Å²) in [5.74, 6) is -1.46. The van der Waals surface area contributed by atoms with Gasteiger partial charge in [0.25, 0.3) is 0 Å². The monoisotopic (exact) mass is 409 g/mol. The van der Waals surface area contributed by atoms with E-state index >= 15 is 0 Å². The summed E-state index contributed by atoms with van der Waals surface area (Å²) in [5, 5.41) is 0.496. The zero-order valence-electron chi connectivity index (χ0n) is 15.1. The maximum atomic E-state index is 14.0. The number of piperidine rings is 1. The first-order chi connectivity index (χ1) is 13.3. The van der Waals surface area contributed by atoms with Crippen molar-refractivity contribution in [3.8, 4) is 0 Å². The third kappa shape index (κ3) is 3.31. The van der Waals surface area contributed by atoms with Gasteiger partial charge in [0.15, 0.2) is 11.6 Å². The highest BCUT2D eigenvalue weighted by Crippen LogP contribution is 2.32. The summed E-state index contributed by atoms with van der Waals surface area (Å²) in [6, 6.07) is 4.66. The Bertz CT molecular complexity index is 1010. The van der Waals surface area contributed by atoms with Gasteiger partial charge in [-0.3, -0.25) is 4.98 Å².